The van der Waals surface area contributed by atoms with Crippen molar-refractivity contribution in [2.24, 2.45) is 16.1 Å². The smallest absolute Gasteiger partial charge is 0.0790 e. The molecule has 88 valence electrons. The predicted octanol–water partition coefficient (Wildman–Crippen LogP) is 3.73. The van der Waals surface area contributed by atoms with Crippen LogP contribution in [0.3, 0.4) is 0 Å². The molecule has 0 spiro atoms. The van der Waals surface area contributed by atoms with Gasteiger partial charge in [0.05, 0.1) is 5.71 Å². The number of benzene rings is 1. The van der Waals surface area contributed by atoms with E-state index >= 15 is 0 Å². The van der Waals surface area contributed by atoms with Gasteiger partial charge in [0.25, 0.3) is 0 Å². The normalized spacial score (nSPS) is 23.7. The summed E-state index contributed by atoms with van der Waals surface area (Å²) >= 11 is 0. The van der Waals surface area contributed by atoms with Crippen LogP contribution in [0.1, 0.15) is 43.2 Å². The summed E-state index contributed by atoms with van der Waals surface area (Å²) in [5.74, 6) is 0.500. The van der Waals surface area contributed by atoms with Gasteiger partial charge in [0.2, 0.25) is 0 Å². The van der Waals surface area contributed by atoms with Gasteiger partial charge in [-0.1, -0.05) is 42.7 Å². The van der Waals surface area contributed by atoms with E-state index in [0.717, 1.165) is 6.42 Å². The first-order chi connectivity index (χ1) is 8.34. The van der Waals surface area contributed by atoms with Crippen LogP contribution in [0, 0.1) is 12.8 Å². The maximum absolute atomic E-state index is 4.43. The highest BCUT2D eigenvalue weighted by atomic mass is 15.2. The molecule has 0 saturated heterocycles. The van der Waals surface area contributed by atoms with E-state index in [1.807, 2.05) is 0 Å². The molecule has 1 atom stereocenters. The predicted molar refractivity (Wildman–Crippen MR) is 71.7 cm³/mol. The molecule has 2 nitrogen and oxygen atoms in total. The first-order valence-electron chi connectivity index (χ1n) is 6.56. The van der Waals surface area contributed by atoms with E-state index in [2.05, 4.69) is 41.4 Å². The fraction of sp³-hybridized carbons (Fsp3) is 0.467. The lowest BCUT2D eigenvalue weighted by molar-refractivity contribution is 0.674. The maximum Gasteiger partial charge on any atom is 0.0790 e. The van der Waals surface area contributed by atoms with Crippen LogP contribution in [0.25, 0.3) is 0 Å². The van der Waals surface area contributed by atoms with Gasteiger partial charge in [-0.2, -0.15) is 10.2 Å². The SMILES string of the molecule is Cc1ccc(C2=NN=C3CCCCCC32)cc1. The Bertz CT molecular complexity index is 468. The average molecular weight is 226 g/mol. The van der Waals surface area contributed by atoms with Crippen LogP contribution in [0.2, 0.25) is 0 Å². The summed E-state index contributed by atoms with van der Waals surface area (Å²) in [7, 11) is 0. The Balaban J connectivity index is 1.88. The van der Waals surface area contributed by atoms with Crippen molar-refractivity contribution in [3.05, 3.63) is 35.4 Å². The minimum Gasteiger partial charge on any atom is -0.159 e. The van der Waals surface area contributed by atoms with Crippen LogP contribution in [0.4, 0.5) is 0 Å². The summed E-state index contributed by atoms with van der Waals surface area (Å²) in [4.78, 5) is 0. The molecule has 1 heterocycles. The Morgan fingerprint density at radius 3 is 2.65 bits per heavy atom. The summed E-state index contributed by atoms with van der Waals surface area (Å²) in [6.07, 6.45) is 6.31. The molecule has 0 amide bonds. The van der Waals surface area contributed by atoms with Gasteiger partial charge in [-0.3, -0.25) is 0 Å². The molecule has 17 heavy (non-hydrogen) atoms. The van der Waals surface area contributed by atoms with Crippen molar-refractivity contribution in [3.63, 3.8) is 0 Å². The highest BCUT2D eigenvalue weighted by Gasteiger charge is 2.28. The molecular weight excluding hydrogens is 208 g/mol. The Hall–Kier alpha value is -1.44. The lowest BCUT2D eigenvalue weighted by Crippen LogP contribution is -2.19. The second kappa shape index (κ2) is 4.44. The molecule has 0 bridgehead atoms. The van der Waals surface area contributed by atoms with Crippen molar-refractivity contribution in [1.29, 1.82) is 0 Å². The van der Waals surface area contributed by atoms with Crippen molar-refractivity contribution < 1.29 is 0 Å². The zero-order valence-electron chi connectivity index (χ0n) is 10.3. The van der Waals surface area contributed by atoms with Crippen LogP contribution in [-0.2, 0) is 0 Å². The molecule has 1 fully saturated rings. The average Bonchev–Trinajstić information content (AvgIpc) is 2.60. The van der Waals surface area contributed by atoms with E-state index in [1.54, 1.807) is 0 Å². The minimum absolute atomic E-state index is 0.500. The third kappa shape index (κ3) is 2.04. The quantitative estimate of drug-likeness (QED) is 0.697. The molecule has 1 aromatic carbocycles. The molecule has 2 aliphatic rings. The van der Waals surface area contributed by atoms with Crippen LogP contribution in [-0.4, -0.2) is 11.4 Å². The number of hydrogen-bond acceptors (Lipinski definition) is 2. The number of aryl methyl sites for hydroxylation is 1. The van der Waals surface area contributed by atoms with Crippen LogP contribution >= 0.6 is 0 Å². The standard InChI is InChI=1S/C15H18N2/c1-11-7-9-12(10-8-11)15-13-5-3-2-4-6-14(13)16-17-15/h7-10,13H,2-6H2,1H3. The Kier molecular flexibility index (Phi) is 2.79. The summed E-state index contributed by atoms with van der Waals surface area (Å²) in [5, 5.41) is 8.83. The van der Waals surface area contributed by atoms with Crippen molar-refractivity contribution in [2.75, 3.05) is 0 Å². The monoisotopic (exact) mass is 226 g/mol. The highest BCUT2D eigenvalue weighted by Crippen LogP contribution is 2.29. The highest BCUT2D eigenvalue weighted by molar-refractivity contribution is 6.17. The Morgan fingerprint density at radius 1 is 1.00 bits per heavy atom. The number of fused-ring (bicyclic) bond motifs is 1. The van der Waals surface area contributed by atoms with Crippen molar-refractivity contribution in [3.8, 4) is 0 Å². The van der Waals surface area contributed by atoms with E-state index in [0.29, 0.717) is 5.92 Å². The summed E-state index contributed by atoms with van der Waals surface area (Å²) in [6, 6.07) is 8.67. The number of hydrogen-bond donors (Lipinski definition) is 0. The molecule has 0 radical (unpaired) electrons. The van der Waals surface area contributed by atoms with Crippen LogP contribution < -0.4 is 0 Å². The number of nitrogens with zero attached hydrogens (tertiary/aromatic N) is 2. The first kappa shape index (κ1) is 10.7. The van der Waals surface area contributed by atoms with E-state index in [9.17, 15) is 0 Å². The van der Waals surface area contributed by atoms with Gasteiger partial charge in [-0.15, -0.1) is 0 Å². The van der Waals surface area contributed by atoms with E-state index in [-0.39, 0.29) is 0 Å². The van der Waals surface area contributed by atoms with Crippen LogP contribution in [0.5, 0.6) is 0 Å². The van der Waals surface area contributed by atoms with Gasteiger partial charge in [0.1, 0.15) is 0 Å². The van der Waals surface area contributed by atoms with Gasteiger partial charge in [-0.25, -0.2) is 0 Å². The van der Waals surface area contributed by atoms with Gasteiger partial charge in [0, 0.05) is 11.6 Å². The van der Waals surface area contributed by atoms with Crippen LogP contribution in [0.15, 0.2) is 34.5 Å². The molecule has 2 heteroatoms. The zero-order chi connectivity index (χ0) is 11.7. The second-order valence-corrected chi connectivity index (χ2v) is 5.09. The third-order valence-electron chi connectivity index (χ3n) is 3.79. The Morgan fingerprint density at radius 2 is 1.82 bits per heavy atom. The summed E-state index contributed by atoms with van der Waals surface area (Å²) in [5.41, 5.74) is 5.07. The molecule has 1 aliphatic carbocycles. The first-order valence-corrected chi connectivity index (χ1v) is 6.56. The van der Waals surface area contributed by atoms with Gasteiger partial charge in [0.15, 0.2) is 0 Å². The van der Waals surface area contributed by atoms with E-state index in [4.69, 9.17) is 0 Å². The van der Waals surface area contributed by atoms with E-state index < -0.39 is 0 Å². The molecule has 3 rings (SSSR count). The zero-order valence-corrected chi connectivity index (χ0v) is 10.3. The topological polar surface area (TPSA) is 24.7 Å². The van der Waals surface area contributed by atoms with E-state index in [1.165, 1.54) is 48.2 Å². The second-order valence-electron chi connectivity index (χ2n) is 5.09. The molecular formula is C15H18N2. The fourth-order valence-electron chi connectivity index (χ4n) is 2.76. The molecule has 1 aromatic rings. The minimum atomic E-state index is 0.500. The number of rotatable bonds is 1. The fourth-order valence-corrected chi connectivity index (χ4v) is 2.76. The molecule has 1 aliphatic heterocycles. The largest absolute Gasteiger partial charge is 0.159 e. The van der Waals surface area contributed by atoms with Gasteiger partial charge < -0.3 is 0 Å². The molecule has 1 unspecified atom stereocenters. The summed E-state index contributed by atoms with van der Waals surface area (Å²) in [6.45, 7) is 2.12. The van der Waals surface area contributed by atoms with Gasteiger partial charge >= 0.3 is 0 Å². The van der Waals surface area contributed by atoms with Crippen molar-refractivity contribution >= 4 is 11.4 Å². The Labute approximate surface area is 102 Å². The molecule has 0 aromatic heterocycles. The van der Waals surface area contributed by atoms with Crippen molar-refractivity contribution in [2.45, 2.75) is 39.0 Å². The molecule has 0 N–H and O–H groups in total. The van der Waals surface area contributed by atoms with Gasteiger partial charge in [-0.05, 0) is 31.7 Å². The molecule has 1 saturated carbocycles. The lowest BCUT2D eigenvalue weighted by atomic mass is 9.89. The van der Waals surface area contributed by atoms with Crippen molar-refractivity contribution in [1.82, 2.24) is 0 Å². The maximum atomic E-state index is 4.43. The summed E-state index contributed by atoms with van der Waals surface area (Å²) < 4.78 is 0. The lowest BCUT2D eigenvalue weighted by Gasteiger charge is -2.12. The third-order valence-corrected chi connectivity index (χ3v) is 3.79.